The van der Waals surface area contributed by atoms with Crippen LogP contribution in [0.25, 0.3) is 0 Å². The first-order valence-electron chi connectivity index (χ1n) is 4.19. The molecule has 0 spiro atoms. The quantitative estimate of drug-likeness (QED) is 0.673. The number of benzene rings is 1. The van der Waals surface area contributed by atoms with Crippen molar-refractivity contribution in [1.82, 2.24) is 0 Å². The lowest BCUT2D eigenvalue weighted by Crippen LogP contribution is -1.90. The van der Waals surface area contributed by atoms with Gasteiger partial charge in [-0.05, 0) is 40.1 Å². The Labute approximate surface area is 91.0 Å². The van der Waals surface area contributed by atoms with Crippen LogP contribution in [0.2, 0.25) is 0 Å². The third-order valence-corrected chi connectivity index (χ3v) is 3.20. The predicted octanol–water partition coefficient (Wildman–Crippen LogP) is 4.22. The van der Waals surface area contributed by atoms with E-state index in [4.69, 9.17) is 11.6 Å². The first-order valence-corrected chi connectivity index (χ1v) is 5.57. The highest BCUT2D eigenvalue weighted by molar-refractivity contribution is 7.08. The van der Waals surface area contributed by atoms with Gasteiger partial charge in [-0.25, -0.2) is 4.39 Å². The molecular weight excluding hydrogens is 219 g/mol. The predicted molar refractivity (Wildman–Crippen MR) is 58.4 cm³/mol. The van der Waals surface area contributed by atoms with Crippen molar-refractivity contribution in [3.05, 3.63) is 58.0 Å². The van der Waals surface area contributed by atoms with Crippen LogP contribution in [-0.2, 0) is 0 Å². The fourth-order valence-electron chi connectivity index (χ4n) is 1.24. The van der Waals surface area contributed by atoms with Gasteiger partial charge < -0.3 is 0 Å². The number of halogens is 2. The van der Waals surface area contributed by atoms with Gasteiger partial charge in [-0.15, -0.1) is 11.6 Å². The van der Waals surface area contributed by atoms with E-state index < -0.39 is 0 Å². The van der Waals surface area contributed by atoms with Crippen LogP contribution >= 0.6 is 22.9 Å². The van der Waals surface area contributed by atoms with Crippen molar-refractivity contribution in [3.8, 4) is 0 Å². The molecule has 72 valence electrons. The minimum absolute atomic E-state index is 0.179. The smallest absolute Gasteiger partial charge is 0.123 e. The van der Waals surface area contributed by atoms with Crippen LogP contribution < -0.4 is 0 Å². The Morgan fingerprint density at radius 3 is 2.36 bits per heavy atom. The SMILES string of the molecule is Fc1ccc(C(Cl)c2ccsc2)cc1. The third-order valence-electron chi connectivity index (χ3n) is 2.00. The average Bonchev–Trinajstić information content (AvgIpc) is 2.71. The second-order valence-electron chi connectivity index (χ2n) is 2.97. The molecule has 3 heteroatoms. The van der Waals surface area contributed by atoms with Gasteiger partial charge in [0.2, 0.25) is 0 Å². The molecule has 0 saturated heterocycles. The Bertz CT molecular complexity index is 394. The minimum Gasteiger partial charge on any atom is -0.207 e. The molecule has 1 unspecified atom stereocenters. The molecule has 1 aromatic carbocycles. The number of alkyl halides is 1. The van der Waals surface area contributed by atoms with Gasteiger partial charge in [0.25, 0.3) is 0 Å². The summed E-state index contributed by atoms with van der Waals surface area (Å²) >= 11 is 7.82. The number of hydrogen-bond donors (Lipinski definition) is 0. The van der Waals surface area contributed by atoms with E-state index in [0.717, 1.165) is 11.1 Å². The zero-order valence-corrected chi connectivity index (χ0v) is 8.86. The summed E-state index contributed by atoms with van der Waals surface area (Å²) in [6.45, 7) is 0. The number of thiophene rings is 1. The van der Waals surface area contributed by atoms with Crippen LogP contribution in [0.4, 0.5) is 4.39 Å². The average molecular weight is 227 g/mol. The maximum absolute atomic E-state index is 12.7. The zero-order chi connectivity index (χ0) is 9.97. The van der Waals surface area contributed by atoms with E-state index in [1.54, 1.807) is 23.5 Å². The first kappa shape index (κ1) is 9.69. The Morgan fingerprint density at radius 1 is 1.07 bits per heavy atom. The molecule has 0 nitrogen and oxygen atoms in total. The number of rotatable bonds is 2. The van der Waals surface area contributed by atoms with Crippen molar-refractivity contribution < 1.29 is 4.39 Å². The van der Waals surface area contributed by atoms with E-state index in [1.165, 1.54) is 12.1 Å². The lowest BCUT2D eigenvalue weighted by atomic mass is 10.1. The summed E-state index contributed by atoms with van der Waals surface area (Å²) in [5.41, 5.74) is 1.98. The Hall–Kier alpha value is -0.860. The van der Waals surface area contributed by atoms with E-state index >= 15 is 0 Å². The molecule has 0 aliphatic carbocycles. The summed E-state index contributed by atoms with van der Waals surface area (Å²) in [5, 5.41) is 3.80. The van der Waals surface area contributed by atoms with Crippen molar-refractivity contribution in [1.29, 1.82) is 0 Å². The van der Waals surface area contributed by atoms with Gasteiger partial charge in [-0.3, -0.25) is 0 Å². The highest BCUT2D eigenvalue weighted by atomic mass is 35.5. The third kappa shape index (κ3) is 1.97. The molecule has 1 heterocycles. The Kier molecular flexibility index (Phi) is 2.85. The normalized spacial score (nSPS) is 12.7. The molecule has 0 fully saturated rings. The Balaban J connectivity index is 2.28. The summed E-state index contributed by atoms with van der Waals surface area (Å²) in [4.78, 5) is 0. The van der Waals surface area contributed by atoms with Crippen molar-refractivity contribution in [2.45, 2.75) is 5.38 Å². The molecule has 1 aromatic heterocycles. The first-order chi connectivity index (χ1) is 6.77. The topological polar surface area (TPSA) is 0 Å². The molecular formula is C11H8ClFS. The zero-order valence-electron chi connectivity index (χ0n) is 7.28. The molecule has 2 aromatic rings. The molecule has 2 rings (SSSR count). The van der Waals surface area contributed by atoms with Gasteiger partial charge in [-0.2, -0.15) is 11.3 Å². The van der Waals surface area contributed by atoms with Crippen molar-refractivity contribution in [2.75, 3.05) is 0 Å². The fraction of sp³-hybridized carbons (Fsp3) is 0.0909. The van der Waals surface area contributed by atoms with E-state index in [2.05, 4.69) is 0 Å². The van der Waals surface area contributed by atoms with Crippen LogP contribution in [-0.4, -0.2) is 0 Å². The monoisotopic (exact) mass is 226 g/mol. The molecule has 14 heavy (non-hydrogen) atoms. The van der Waals surface area contributed by atoms with Crippen LogP contribution in [0.3, 0.4) is 0 Å². The molecule has 0 aliphatic rings. The maximum atomic E-state index is 12.7. The van der Waals surface area contributed by atoms with Crippen LogP contribution in [0.15, 0.2) is 41.1 Å². The summed E-state index contributed by atoms with van der Waals surface area (Å²) in [7, 11) is 0. The second-order valence-corrected chi connectivity index (χ2v) is 4.19. The second kappa shape index (κ2) is 4.11. The van der Waals surface area contributed by atoms with Gasteiger partial charge >= 0.3 is 0 Å². The summed E-state index contributed by atoms with van der Waals surface area (Å²) in [5.74, 6) is -0.233. The van der Waals surface area contributed by atoms with E-state index in [9.17, 15) is 4.39 Å². The van der Waals surface area contributed by atoms with Gasteiger partial charge in [0.15, 0.2) is 0 Å². The van der Waals surface area contributed by atoms with Crippen LogP contribution in [0.1, 0.15) is 16.5 Å². The van der Waals surface area contributed by atoms with E-state index in [-0.39, 0.29) is 11.2 Å². The summed E-state index contributed by atoms with van der Waals surface area (Å²) in [6, 6.07) is 8.26. The molecule has 0 N–H and O–H groups in total. The Morgan fingerprint density at radius 2 is 1.79 bits per heavy atom. The molecule has 0 amide bonds. The molecule has 1 atom stereocenters. The lowest BCUT2D eigenvalue weighted by molar-refractivity contribution is 0.627. The van der Waals surface area contributed by atoms with Gasteiger partial charge in [0.1, 0.15) is 5.82 Å². The van der Waals surface area contributed by atoms with E-state index in [1.807, 2.05) is 16.8 Å². The largest absolute Gasteiger partial charge is 0.207 e. The van der Waals surface area contributed by atoms with Crippen molar-refractivity contribution in [3.63, 3.8) is 0 Å². The summed E-state index contributed by atoms with van der Waals surface area (Å²) in [6.07, 6.45) is 0. The van der Waals surface area contributed by atoms with E-state index in [0.29, 0.717) is 0 Å². The molecule has 0 radical (unpaired) electrons. The lowest BCUT2D eigenvalue weighted by Gasteiger charge is -2.07. The molecule has 0 saturated carbocycles. The highest BCUT2D eigenvalue weighted by Gasteiger charge is 2.10. The van der Waals surface area contributed by atoms with Crippen molar-refractivity contribution in [2.24, 2.45) is 0 Å². The van der Waals surface area contributed by atoms with Crippen LogP contribution in [0.5, 0.6) is 0 Å². The van der Waals surface area contributed by atoms with Gasteiger partial charge in [-0.1, -0.05) is 12.1 Å². The van der Waals surface area contributed by atoms with Gasteiger partial charge in [0.05, 0.1) is 5.38 Å². The minimum atomic E-state index is -0.233. The fourth-order valence-corrected chi connectivity index (χ4v) is 2.29. The molecule has 0 aliphatic heterocycles. The van der Waals surface area contributed by atoms with Crippen molar-refractivity contribution >= 4 is 22.9 Å². The highest BCUT2D eigenvalue weighted by Crippen LogP contribution is 2.29. The van der Waals surface area contributed by atoms with Gasteiger partial charge in [0, 0.05) is 0 Å². The standard InChI is InChI=1S/C11H8ClFS/c12-11(9-5-6-14-7-9)8-1-3-10(13)4-2-8/h1-7,11H. The van der Waals surface area contributed by atoms with Crippen LogP contribution in [0, 0.1) is 5.82 Å². The maximum Gasteiger partial charge on any atom is 0.123 e. The molecule has 0 bridgehead atoms. The number of hydrogen-bond acceptors (Lipinski definition) is 1. The summed E-state index contributed by atoms with van der Waals surface area (Å²) < 4.78 is 12.7.